The van der Waals surface area contributed by atoms with Gasteiger partial charge < -0.3 is 5.32 Å². The summed E-state index contributed by atoms with van der Waals surface area (Å²) in [5, 5.41) is 9.25. The maximum atomic E-state index is 12.6. The van der Waals surface area contributed by atoms with E-state index in [-0.39, 0.29) is 16.7 Å². The standard InChI is InChI=1S/C12H20N4O3S/c1-8-11(9(2)15-14-8)20(18,19)16-6-4-10(5-7-16)12(17)13-3/h10H,4-7H2,1-3H3,(H,13,17)(H,14,15). The summed E-state index contributed by atoms with van der Waals surface area (Å²) in [4.78, 5) is 11.8. The van der Waals surface area contributed by atoms with E-state index < -0.39 is 10.0 Å². The molecule has 0 saturated carbocycles. The van der Waals surface area contributed by atoms with E-state index in [1.165, 1.54) is 4.31 Å². The molecule has 0 unspecified atom stereocenters. The minimum absolute atomic E-state index is 0.0160. The third kappa shape index (κ3) is 2.57. The quantitative estimate of drug-likeness (QED) is 0.832. The Kier molecular flexibility index (Phi) is 4.14. The molecule has 8 heteroatoms. The summed E-state index contributed by atoms with van der Waals surface area (Å²) < 4.78 is 26.6. The summed E-state index contributed by atoms with van der Waals surface area (Å²) in [6.45, 7) is 4.10. The van der Waals surface area contributed by atoms with Gasteiger partial charge >= 0.3 is 0 Å². The Bertz CT molecular complexity index is 581. The first-order chi connectivity index (χ1) is 9.37. The minimum Gasteiger partial charge on any atom is -0.359 e. The van der Waals surface area contributed by atoms with Gasteiger partial charge in [-0.05, 0) is 26.7 Å². The zero-order valence-corrected chi connectivity index (χ0v) is 12.7. The lowest BCUT2D eigenvalue weighted by Crippen LogP contribution is -2.42. The number of sulfonamides is 1. The minimum atomic E-state index is -3.53. The Morgan fingerprint density at radius 2 is 1.95 bits per heavy atom. The van der Waals surface area contributed by atoms with Crippen LogP contribution in [-0.4, -0.2) is 49.0 Å². The SMILES string of the molecule is CNC(=O)C1CCN(S(=O)(=O)c2c(C)n[nH]c2C)CC1. The maximum Gasteiger partial charge on any atom is 0.246 e. The first-order valence-electron chi connectivity index (χ1n) is 6.61. The molecule has 0 atom stereocenters. The van der Waals surface area contributed by atoms with Gasteiger partial charge in [-0.25, -0.2) is 8.42 Å². The lowest BCUT2D eigenvalue weighted by Gasteiger charge is -2.30. The molecule has 0 aliphatic carbocycles. The van der Waals surface area contributed by atoms with Gasteiger partial charge in [0.05, 0.1) is 11.4 Å². The molecule has 0 bridgehead atoms. The number of rotatable bonds is 3. The monoisotopic (exact) mass is 300 g/mol. The largest absolute Gasteiger partial charge is 0.359 e. The van der Waals surface area contributed by atoms with Gasteiger partial charge in [-0.2, -0.15) is 9.40 Å². The van der Waals surface area contributed by atoms with Crippen LogP contribution in [-0.2, 0) is 14.8 Å². The summed E-state index contributed by atoms with van der Waals surface area (Å²) in [5.41, 5.74) is 1.03. The molecule has 112 valence electrons. The highest BCUT2D eigenvalue weighted by molar-refractivity contribution is 7.89. The van der Waals surface area contributed by atoms with Gasteiger partial charge in [-0.1, -0.05) is 0 Å². The van der Waals surface area contributed by atoms with E-state index in [4.69, 9.17) is 0 Å². The highest BCUT2D eigenvalue weighted by Crippen LogP contribution is 2.26. The van der Waals surface area contributed by atoms with Crippen molar-refractivity contribution in [2.45, 2.75) is 31.6 Å². The first kappa shape index (κ1) is 15.0. The number of hydrogen-bond donors (Lipinski definition) is 2. The molecule has 1 aliphatic rings. The van der Waals surface area contributed by atoms with Gasteiger partial charge in [0, 0.05) is 26.1 Å². The molecule has 7 nitrogen and oxygen atoms in total. The summed E-state index contributed by atoms with van der Waals surface area (Å²) in [6, 6.07) is 0. The molecular formula is C12H20N4O3S. The van der Waals surface area contributed by atoms with Crippen LogP contribution >= 0.6 is 0 Å². The fourth-order valence-electron chi connectivity index (χ4n) is 2.61. The van der Waals surface area contributed by atoms with Crippen LogP contribution in [0.2, 0.25) is 0 Å². The smallest absolute Gasteiger partial charge is 0.246 e. The van der Waals surface area contributed by atoms with Gasteiger partial charge in [-0.3, -0.25) is 9.89 Å². The van der Waals surface area contributed by atoms with Crippen molar-refractivity contribution < 1.29 is 13.2 Å². The van der Waals surface area contributed by atoms with Gasteiger partial charge in [0.25, 0.3) is 0 Å². The fraction of sp³-hybridized carbons (Fsp3) is 0.667. The van der Waals surface area contributed by atoms with Crippen molar-refractivity contribution in [2.24, 2.45) is 5.92 Å². The second-order valence-electron chi connectivity index (χ2n) is 5.06. The van der Waals surface area contributed by atoms with E-state index in [0.717, 1.165) is 0 Å². The molecule has 0 spiro atoms. The predicted molar refractivity (Wildman–Crippen MR) is 73.6 cm³/mol. The van der Waals surface area contributed by atoms with Crippen LogP contribution in [0.1, 0.15) is 24.2 Å². The van der Waals surface area contributed by atoms with Crippen LogP contribution in [0.15, 0.2) is 4.90 Å². The number of nitrogens with one attached hydrogen (secondary N) is 2. The Morgan fingerprint density at radius 3 is 2.40 bits per heavy atom. The second kappa shape index (κ2) is 5.53. The Hall–Kier alpha value is -1.41. The van der Waals surface area contributed by atoms with Crippen LogP contribution in [0, 0.1) is 19.8 Å². The average Bonchev–Trinajstić information content (AvgIpc) is 2.78. The molecule has 1 aromatic heterocycles. The molecule has 2 rings (SSSR count). The van der Waals surface area contributed by atoms with E-state index in [1.807, 2.05) is 0 Å². The summed E-state index contributed by atoms with van der Waals surface area (Å²) in [5.74, 6) is -0.115. The molecule has 1 aliphatic heterocycles. The number of aromatic nitrogens is 2. The molecule has 1 amide bonds. The Balaban J connectivity index is 2.16. The van der Waals surface area contributed by atoms with Crippen LogP contribution < -0.4 is 5.32 Å². The summed E-state index contributed by atoms with van der Waals surface area (Å²) in [6.07, 6.45) is 1.10. The van der Waals surface area contributed by atoms with E-state index in [2.05, 4.69) is 15.5 Å². The number of aromatic amines is 1. The van der Waals surface area contributed by atoms with Gasteiger partial charge in [0.15, 0.2) is 0 Å². The van der Waals surface area contributed by atoms with Crippen molar-refractivity contribution in [1.29, 1.82) is 0 Å². The lowest BCUT2D eigenvalue weighted by molar-refractivity contribution is -0.125. The third-order valence-corrected chi connectivity index (χ3v) is 5.89. The number of piperidine rings is 1. The second-order valence-corrected chi connectivity index (χ2v) is 6.93. The van der Waals surface area contributed by atoms with Crippen molar-refractivity contribution in [1.82, 2.24) is 19.8 Å². The number of hydrogen-bond acceptors (Lipinski definition) is 4. The van der Waals surface area contributed by atoms with Crippen molar-refractivity contribution >= 4 is 15.9 Å². The van der Waals surface area contributed by atoms with Crippen molar-refractivity contribution in [3.05, 3.63) is 11.4 Å². The van der Waals surface area contributed by atoms with Crippen LogP contribution in [0.3, 0.4) is 0 Å². The molecule has 1 saturated heterocycles. The van der Waals surface area contributed by atoms with E-state index in [1.54, 1.807) is 20.9 Å². The highest BCUT2D eigenvalue weighted by atomic mass is 32.2. The molecule has 0 aromatic carbocycles. The number of aryl methyl sites for hydroxylation is 2. The number of amides is 1. The van der Waals surface area contributed by atoms with E-state index in [9.17, 15) is 13.2 Å². The van der Waals surface area contributed by atoms with Crippen LogP contribution in [0.5, 0.6) is 0 Å². The predicted octanol–water partition coefficient (Wildman–Crippen LogP) is 0.173. The van der Waals surface area contributed by atoms with Crippen molar-refractivity contribution in [3.63, 3.8) is 0 Å². The average molecular weight is 300 g/mol. The lowest BCUT2D eigenvalue weighted by atomic mass is 9.97. The number of carbonyl (C=O) groups excluding carboxylic acids is 1. The number of H-pyrrole nitrogens is 1. The fourth-order valence-corrected chi connectivity index (χ4v) is 4.41. The number of carbonyl (C=O) groups is 1. The highest BCUT2D eigenvalue weighted by Gasteiger charge is 2.34. The van der Waals surface area contributed by atoms with Gasteiger partial charge in [0.1, 0.15) is 4.90 Å². The zero-order chi connectivity index (χ0) is 14.9. The van der Waals surface area contributed by atoms with Crippen LogP contribution in [0.25, 0.3) is 0 Å². The normalized spacial score (nSPS) is 18.1. The van der Waals surface area contributed by atoms with E-state index in [0.29, 0.717) is 37.3 Å². The molecular weight excluding hydrogens is 280 g/mol. The van der Waals surface area contributed by atoms with Crippen LogP contribution in [0.4, 0.5) is 0 Å². The van der Waals surface area contributed by atoms with Gasteiger partial charge in [0.2, 0.25) is 15.9 Å². The Labute approximate surface area is 118 Å². The number of nitrogens with zero attached hydrogens (tertiary/aromatic N) is 2. The summed E-state index contributed by atoms with van der Waals surface area (Å²) >= 11 is 0. The Morgan fingerprint density at radius 1 is 1.35 bits per heavy atom. The molecule has 2 heterocycles. The van der Waals surface area contributed by atoms with Crippen molar-refractivity contribution in [2.75, 3.05) is 20.1 Å². The molecule has 1 fully saturated rings. The molecule has 2 N–H and O–H groups in total. The molecule has 1 aromatic rings. The third-order valence-electron chi connectivity index (χ3n) is 3.73. The van der Waals surface area contributed by atoms with Gasteiger partial charge in [-0.15, -0.1) is 0 Å². The zero-order valence-electron chi connectivity index (χ0n) is 11.9. The van der Waals surface area contributed by atoms with E-state index >= 15 is 0 Å². The van der Waals surface area contributed by atoms with Crippen molar-refractivity contribution in [3.8, 4) is 0 Å². The molecule has 0 radical (unpaired) electrons. The molecule has 20 heavy (non-hydrogen) atoms. The maximum absolute atomic E-state index is 12.6. The summed E-state index contributed by atoms with van der Waals surface area (Å²) in [7, 11) is -1.93. The first-order valence-corrected chi connectivity index (χ1v) is 8.05. The topological polar surface area (TPSA) is 95.2 Å².